The number of fused-ring (bicyclic) bond motifs is 9. The van der Waals surface area contributed by atoms with Crippen molar-refractivity contribution in [2.75, 3.05) is 0 Å². The van der Waals surface area contributed by atoms with Crippen molar-refractivity contribution in [2.24, 2.45) is 0 Å². The molecule has 0 fully saturated rings. The maximum absolute atomic E-state index is 2.50. The molecule has 0 saturated heterocycles. The van der Waals surface area contributed by atoms with Gasteiger partial charge in [-0.1, -0.05) is 230 Å². The number of nitrogens with zero attached hydrogens (tertiary/aromatic N) is 2. The Morgan fingerprint density at radius 1 is 0.241 bits per heavy atom. The van der Waals surface area contributed by atoms with Gasteiger partial charge in [-0.3, -0.25) is 0 Å². The Bertz CT molecular complexity index is 1890. The molecule has 0 amide bonds. The number of benzene rings is 4. The fourth-order valence-corrected chi connectivity index (χ4v) is 10.1. The standard InChI is InChI=1S/C56H82N2/c1-3-5-7-9-11-13-15-17-19-21-23-25-27-29-31-43-57-45-41-53-51-35-33-48-47(49(51)37-39-55(53)57)34-36-52-50(48)38-40-56-54(52)42-46-58(56)44-32-30-28-26-24-22-20-18-16-14-12-10-8-6-4-2/h33-42,45-46H,3-32,43-44H2,1-2H3. The van der Waals surface area contributed by atoms with Gasteiger partial charge in [-0.15, -0.1) is 0 Å². The lowest BCUT2D eigenvalue weighted by Crippen LogP contribution is -1.96. The monoisotopic (exact) mass is 783 g/mol. The van der Waals surface area contributed by atoms with Crippen molar-refractivity contribution < 1.29 is 0 Å². The summed E-state index contributed by atoms with van der Waals surface area (Å²) in [5.74, 6) is 0. The van der Waals surface area contributed by atoms with Crippen molar-refractivity contribution in [3.63, 3.8) is 0 Å². The Morgan fingerprint density at radius 2 is 0.466 bits per heavy atom. The van der Waals surface area contributed by atoms with Crippen LogP contribution in [0.2, 0.25) is 0 Å². The highest BCUT2D eigenvalue weighted by Gasteiger charge is 2.12. The van der Waals surface area contributed by atoms with Crippen molar-refractivity contribution in [3.05, 3.63) is 73.1 Å². The lowest BCUT2D eigenvalue weighted by molar-refractivity contribution is 0.524. The highest BCUT2D eigenvalue weighted by atomic mass is 15.0. The van der Waals surface area contributed by atoms with E-state index in [1.54, 1.807) is 0 Å². The summed E-state index contributed by atoms with van der Waals surface area (Å²) >= 11 is 0. The molecule has 0 aliphatic rings. The predicted molar refractivity (Wildman–Crippen MR) is 260 cm³/mol. The average molecular weight is 783 g/mol. The molecule has 0 spiro atoms. The van der Waals surface area contributed by atoms with Crippen LogP contribution in [0, 0.1) is 0 Å². The first-order valence-electron chi connectivity index (χ1n) is 25.1. The van der Waals surface area contributed by atoms with E-state index in [0.717, 1.165) is 13.1 Å². The molecule has 2 heterocycles. The van der Waals surface area contributed by atoms with E-state index >= 15 is 0 Å². The Labute approximate surface area is 354 Å². The second-order valence-corrected chi connectivity index (χ2v) is 18.3. The Kier molecular flexibility index (Phi) is 19.4. The van der Waals surface area contributed by atoms with Gasteiger partial charge >= 0.3 is 0 Å². The lowest BCUT2D eigenvalue weighted by Gasteiger charge is -2.11. The van der Waals surface area contributed by atoms with Crippen LogP contribution >= 0.6 is 0 Å². The van der Waals surface area contributed by atoms with E-state index in [9.17, 15) is 0 Å². The topological polar surface area (TPSA) is 9.86 Å². The largest absolute Gasteiger partial charge is 0.347 e. The third kappa shape index (κ3) is 12.9. The fraction of sp³-hybridized carbons (Fsp3) is 0.607. The highest BCUT2D eigenvalue weighted by Crippen LogP contribution is 2.37. The number of rotatable bonds is 32. The van der Waals surface area contributed by atoms with E-state index in [2.05, 4.69) is 96.0 Å². The quantitative estimate of drug-likeness (QED) is 0.0298. The SMILES string of the molecule is CCCCCCCCCCCCCCCCCn1ccc2c3ccc4c(ccc5c4ccc4c5ccn4CCCCCCCCCCCCCCCCC)c3ccc21. The molecular weight excluding hydrogens is 701 g/mol. The third-order valence-corrected chi connectivity index (χ3v) is 13.7. The highest BCUT2D eigenvalue weighted by molar-refractivity contribution is 6.24. The maximum atomic E-state index is 2.50. The van der Waals surface area contributed by atoms with E-state index in [0.29, 0.717) is 0 Å². The van der Waals surface area contributed by atoms with Crippen LogP contribution in [0.15, 0.2) is 73.1 Å². The molecular formula is C56H82N2. The number of aryl methyl sites for hydroxylation is 2. The molecule has 0 aliphatic heterocycles. The molecule has 2 aromatic heterocycles. The molecule has 58 heavy (non-hydrogen) atoms. The fourth-order valence-electron chi connectivity index (χ4n) is 10.1. The summed E-state index contributed by atoms with van der Waals surface area (Å²) in [6.07, 6.45) is 47.1. The van der Waals surface area contributed by atoms with E-state index in [1.807, 2.05) is 0 Å². The zero-order valence-electron chi connectivity index (χ0n) is 37.5. The molecule has 4 aromatic carbocycles. The second-order valence-electron chi connectivity index (χ2n) is 18.3. The first kappa shape index (κ1) is 44.3. The zero-order valence-corrected chi connectivity index (χ0v) is 37.5. The predicted octanol–water partition coefficient (Wildman–Crippen LogP) is 18.8. The second kappa shape index (κ2) is 25.4. The van der Waals surface area contributed by atoms with Crippen molar-refractivity contribution in [2.45, 2.75) is 220 Å². The van der Waals surface area contributed by atoms with Crippen molar-refractivity contribution in [1.29, 1.82) is 0 Å². The molecule has 0 bridgehead atoms. The zero-order chi connectivity index (χ0) is 40.0. The minimum Gasteiger partial charge on any atom is -0.347 e. The van der Waals surface area contributed by atoms with E-state index < -0.39 is 0 Å². The van der Waals surface area contributed by atoms with Crippen molar-refractivity contribution in [1.82, 2.24) is 9.13 Å². The smallest absolute Gasteiger partial charge is 0.0486 e. The summed E-state index contributed by atoms with van der Waals surface area (Å²) in [5.41, 5.74) is 2.77. The molecule has 0 aliphatic carbocycles. The Hall–Kier alpha value is -3.26. The summed E-state index contributed by atoms with van der Waals surface area (Å²) in [6.45, 7) is 6.86. The third-order valence-electron chi connectivity index (χ3n) is 13.7. The molecule has 2 heteroatoms. The minimum atomic E-state index is 1.13. The van der Waals surface area contributed by atoms with Gasteiger partial charge < -0.3 is 9.13 Å². The van der Waals surface area contributed by atoms with Crippen LogP contribution in [0.25, 0.3) is 54.1 Å². The molecule has 2 nitrogen and oxygen atoms in total. The molecule has 6 aromatic rings. The summed E-state index contributed by atoms with van der Waals surface area (Å²) in [4.78, 5) is 0. The molecule has 0 saturated carbocycles. The molecule has 0 radical (unpaired) electrons. The van der Waals surface area contributed by atoms with E-state index in [1.165, 1.54) is 247 Å². The number of hydrogen-bond donors (Lipinski definition) is 0. The average Bonchev–Trinajstić information content (AvgIpc) is 3.87. The van der Waals surface area contributed by atoms with Crippen LogP contribution < -0.4 is 0 Å². The summed E-state index contributed by atoms with van der Waals surface area (Å²) in [7, 11) is 0. The first-order chi connectivity index (χ1) is 28.8. The van der Waals surface area contributed by atoms with E-state index in [-0.39, 0.29) is 0 Å². The molecule has 0 N–H and O–H groups in total. The minimum absolute atomic E-state index is 1.13. The number of aromatic nitrogens is 2. The number of unbranched alkanes of at least 4 members (excludes halogenated alkanes) is 28. The lowest BCUT2D eigenvalue weighted by atomic mass is 9.94. The van der Waals surface area contributed by atoms with E-state index in [4.69, 9.17) is 0 Å². The van der Waals surface area contributed by atoms with Gasteiger partial charge in [0.25, 0.3) is 0 Å². The summed E-state index contributed by atoms with van der Waals surface area (Å²) in [5, 5.41) is 11.1. The number of hydrogen-bond acceptors (Lipinski definition) is 0. The van der Waals surface area contributed by atoms with Crippen LogP contribution in [-0.4, -0.2) is 9.13 Å². The Morgan fingerprint density at radius 3 is 0.741 bits per heavy atom. The molecule has 316 valence electrons. The molecule has 6 rings (SSSR count). The Balaban J connectivity index is 0.924. The van der Waals surface area contributed by atoms with Crippen molar-refractivity contribution >= 4 is 54.1 Å². The van der Waals surface area contributed by atoms with Crippen molar-refractivity contribution in [3.8, 4) is 0 Å². The van der Waals surface area contributed by atoms with Gasteiger partial charge in [0.05, 0.1) is 0 Å². The van der Waals surface area contributed by atoms with Gasteiger partial charge in [-0.25, -0.2) is 0 Å². The van der Waals surface area contributed by atoms with Crippen LogP contribution in [0.4, 0.5) is 0 Å². The summed E-state index contributed by atoms with van der Waals surface area (Å²) < 4.78 is 5.00. The van der Waals surface area contributed by atoms with Crippen LogP contribution in [-0.2, 0) is 13.1 Å². The maximum Gasteiger partial charge on any atom is 0.0486 e. The van der Waals surface area contributed by atoms with Crippen LogP contribution in [0.3, 0.4) is 0 Å². The van der Waals surface area contributed by atoms with Crippen LogP contribution in [0.5, 0.6) is 0 Å². The van der Waals surface area contributed by atoms with Gasteiger partial charge in [-0.2, -0.15) is 0 Å². The van der Waals surface area contributed by atoms with Gasteiger partial charge in [0.15, 0.2) is 0 Å². The molecule has 0 unspecified atom stereocenters. The van der Waals surface area contributed by atoms with Gasteiger partial charge in [-0.05, 0) is 69.4 Å². The van der Waals surface area contributed by atoms with Gasteiger partial charge in [0.1, 0.15) is 0 Å². The van der Waals surface area contributed by atoms with Crippen LogP contribution in [0.1, 0.15) is 206 Å². The summed E-state index contributed by atoms with van der Waals surface area (Å²) in [6, 6.07) is 23.8. The van der Waals surface area contributed by atoms with Gasteiger partial charge in [0.2, 0.25) is 0 Å². The van der Waals surface area contributed by atoms with Gasteiger partial charge in [0, 0.05) is 47.3 Å². The normalized spacial score (nSPS) is 12.1. The molecule has 0 atom stereocenters. The first-order valence-corrected chi connectivity index (χ1v) is 25.1.